The van der Waals surface area contributed by atoms with Crippen LogP contribution in [0.1, 0.15) is 103 Å². The minimum atomic E-state index is -0.168. The molecule has 0 aliphatic carbocycles. The van der Waals surface area contributed by atoms with Crippen molar-refractivity contribution in [2.75, 3.05) is 13.2 Å². The summed E-state index contributed by atoms with van der Waals surface area (Å²) >= 11 is 0. The molecule has 0 radical (unpaired) electrons. The number of aliphatic hydroxyl groups is 1. The summed E-state index contributed by atoms with van der Waals surface area (Å²) in [6.45, 7) is 3.44. The van der Waals surface area contributed by atoms with E-state index in [9.17, 15) is 9.90 Å². The summed E-state index contributed by atoms with van der Waals surface area (Å²) in [7, 11) is 0. The molecule has 1 heterocycles. The van der Waals surface area contributed by atoms with Crippen molar-refractivity contribution >= 4 is 5.97 Å². The van der Waals surface area contributed by atoms with Gasteiger partial charge in [0, 0.05) is 13.0 Å². The molecule has 4 heteroatoms. The van der Waals surface area contributed by atoms with Crippen LogP contribution in [0, 0.1) is 0 Å². The van der Waals surface area contributed by atoms with E-state index in [4.69, 9.17) is 9.47 Å². The van der Waals surface area contributed by atoms with Crippen LogP contribution in [-0.2, 0) is 14.3 Å². The monoisotopic (exact) mass is 382 g/mol. The van der Waals surface area contributed by atoms with Crippen LogP contribution in [0.25, 0.3) is 0 Å². The molecule has 0 aromatic rings. The summed E-state index contributed by atoms with van der Waals surface area (Å²) in [5, 5.41) is 9.90. The molecule has 1 aliphatic rings. The second-order valence-corrected chi connectivity index (χ2v) is 7.83. The fourth-order valence-electron chi connectivity index (χ4n) is 3.39. The summed E-state index contributed by atoms with van der Waals surface area (Å²) in [6, 6.07) is 0. The summed E-state index contributed by atoms with van der Waals surface area (Å²) in [4.78, 5) is 11.7. The Kier molecular flexibility index (Phi) is 15.4. The maximum Gasteiger partial charge on any atom is 0.305 e. The van der Waals surface area contributed by atoms with E-state index >= 15 is 0 Å². The average molecular weight is 383 g/mol. The summed E-state index contributed by atoms with van der Waals surface area (Å²) in [5.41, 5.74) is 0. The number of carbonyl (C=O) groups is 1. The van der Waals surface area contributed by atoms with Crippen molar-refractivity contribution in [3.63, 3.8) is 0 Å². The second-order valence-electron chi connectivity index (χ2n) is 7.83. The third kappa shape index (κ3) is 14.8. The highest BCUT2D eigenvalue weighted by Crippen LogP contribution is 2.13. The van der Waals surface area contributed by atoms with Crippen LogP contribution in [0.3, 0.4) is 0 Å². The number of unbranched alkanes of at least 4 members (excludes halogenated alkanes) is 8. The highest BCUT2D eigenvalue weighted by molar-refractivity contribution is 5.69. The maximum atomic E-state index is 11.7. The number of carbonyl (C=O) groups excluding carboxylic acids is 1. The molecule has 27 heavy (non-hydrogen) atoms. The molecule has 158 valence electrons. The zero-order valence-electron chi connectivity index (χ0n) is 17.5. The first-order valence-electron chi connectivity index (χ1n) is 11.3. The van der Waals surface area contributed by atoms with Crippen LogP contribution in [0.5, 0.6) is 0 Å². The van der Waals surface area contributed by atoms with Crippen LogP contribution < -0.4 is 0 Å². The van der Waals surface area contributed by atoms with Crippen molar-refractivity contribution in [2.24, 2.45) is 0 Å². The third-order valence-electron chi connectivity index (χ3n) is 5.17. The number of rotatable bonds is 17. The largest absolute Gasteiger partial charge is 0.463 e. The number of hydrogen-bond donors (Lipinski definition) is 1. The molecular weight excluding hydrogens is 340 g/mol. The molecular formula is C23H42O4. The highest BCUT2D eigenvalue weighted by atomic mass is 16.6. The molecule has 0 bridgehead atoms. The Morgan fingerprint density at radius 1 is 1.11 bits per heavy atom. The Morgan fingerprint density at radius 2 is 1.89 bits per heavy atom. The lowest BCUT2D eigenvalue weighted by Crippen LogP contribution is -2.17. The van der Waals surface area contributed by atoms with E-state index < -0.39 is 0 Å². The van der Waals surface area contributed by atoms with Crippen LogP contribution >= 0.6 is 0 Å². The van der Waals surface area contributed by atoms with Crippen molar-refractivity contribution < 1.29 is 19.4 Å². The quantitative estimate of drug-likeness (QED) is 0.199. The molecule has 1 rings (SSSR count). The van der Waals surface area contributed by atoms with Gasteiger partial charge in [-0.15, -0.1) is 0 Å². The third-order valence-corrected chi connectivity index (χ3v) is 5.17. The fraction of sp³-hybridized carbons (Fsp3) is 0.870. The maximum absolute atomic E-state index is 11.7. The Labute approximate surface area is 166 Å². The molecule has 4 nitrogen and oxygen atoms in total. The molecule has 0 amide bonds. The van der Waals surface area contributed by atoms with Gasteiger partial charge >= 0.3 is 5.97 Å². The fourth-order valence-corrected chi connectivity index (χ4v) is 3.39. The predicted molar refractivity (Wildman–Crippen MR) is 111 cm³/mol. The molecule has 1 saturated heterocycles. The van der Waals surface area contributed by atoms with Crippen molar-refractivity contribution in [1.29, 1.82) is 0 Å². The average Bonchev–Trinajstić information content (AvgIpc) is 3.18. The van der Waals surface area contributed by atoms with Crippen LogP contribution in [-0.4, -0.2) is 36.5 Å². The minimum absolute atomic E-state index is 0.0818. The van der Waals surface area contributed by atoms with Gasteiger partial charge in [0.15, 0.2) is 0 Å². The first kappa shape index (κ1) is 24.2. The zero-order valence-corrected chi connectivity index (χ0v) is 17.5. The van der Waals surface area contributed by atoms with Gasteiger partial charge in [-0.25, -0.2) is 0 Å². The molecule has 0 aromatic heterocycles. The number of aliphatic hydroxyl groups excluding tert-OH is 1. The Hall–Kier alpha value is -0.870. The van der Waals surface area contributed by atoms with Crippen LogP contribution in [0.2, 0.25) is 0 Å². The number of ether oxygens (including phenoxy) is 2. The van der Waals surface area contributed by atoms with Crippen LogP contribution in [0.4, 0.5) is 0 Å². The smallest absolute Gasteiger partial charge is 0.305 e. The standard InChI is InChI=1S/C23H42O4/c1-2-3-4-11-15-21(24)16-12-9-7-5-6-8-10-13-18-23(25)27-20-22-17-14-19-26-22/h9,12,21-22,24H,2-8,10-11,13-20H2,1H3/b12-9+. The lowest BCUT2D eigenvalue weighted by atomic mass is 10.1. The van der Waals surface area contributed by atoms with E-state index in [1.807, 2.05) is 0 Å². The van der Waals surface area contributed by atoms with Gasteiger partial charge in [-0.05, 0) is 44.9 Å². The minimum Gasteiger partial charge on any atom is -0.463 e. The number of hydrogen-bond acceptors (Lipinski definition) is 4. The van der Waals surface area contributed by atoms with Gasteiger partial charge in [0.25, 0.3) is 0 Å². The second kappa shape index (κ2) is 17.2. The van der Waals surface area contributed by atoms with Crippen molar-refractivity contribution in [1.82, 2.24) is 0 Å². The van der Waals surface area contributed by atoms with Crippen molar-refractivity contribution in [3.05, 3.63) is 12.2 Å². The molecule has 2 atom stereocenters. The van der Waals surface area contributed by atoms with Gasteiger partial charge < -0.3 is 14.6 Å². The SMILES string of the molecule is CCCCCCC(O)C/C=C/CCCCCCCC(=O)OCC1CCCO1. The van der Waals surface area contributed by atoms with Crippen LogP contribution in [0.15, 0.2) is 12.2 Å². The molecule has 2 unspecified atom stereocenters. The van der Waals surface area contributed by atoms with E-state index in [0.717, 1.165) is 58.0 Å². The Morgan fingerprint density at radius 3 is 2.67 bits per heavy atom. The van der Waals surface area contributed by atoms with E-state index in [1.165, 1.54) is 38.5 Å². The topological polar surface area (TPSA) is 55.8 Å². The van der Waals surface area contributed by atoms with E-state index in [0.29, 0.717) is 13.0 Å². The lowest BCUT2D eigenvalue weighted by Gasteiger charge is -2.09. The zero-order chi connectivity index (χ0) is 19.6. The Bertz CT molecular complexity index is 375. The van der Waals surface area contributed by atoms with E-state index in [2.05, 4.69) is 19.1 Å². The van der Waals surface area contributed by atoms with Gasteiger partial charge in [-0.2, -0.15) is 0 Å². The van der Waals surface area contributed by atoms with Crippen molar-refractivity contribution in [2.45, 2.75) is 115 Å². The lowest BCUT2D eigenvalue weighted by molar-refractivity contribution is -0.147. The van der Waals surface area contributed by atoms with E-state index in [-0.39, 0.29) is 18.2 Å². The molecule has 0 aromatic carbocycles. The molecule has 1 fully saturated rings. The normalized spacial score (nSPS) is 18.2. The van der Waals surface area contributed by atoms with E-state index in [1.54, 1.807) is 0 Å². The molecule has 1 aliphatic heterocycles. The first-order chi connectivity index (χ1) is 13.2. The summed E-state index contributed by atoms with van der Waals surface area (Å²) in [5.74, 6) is -0.0818. The van der Waals surface area contributed by atoms with Crippen molar-refractivity contribution in [3.8, 4) is 0 Å². The first-order valence-corrected chi connectivity index (χ1v) is 11.3. The number of esters is 1. The number of allylic oxidation sites excluding steroid dienone is 1. The van der Waals surface area contributed by atoms with Gasteiger partial charge in [-0.3, -0.25) is 4.79 Å². The predicted octanol–water partition coefficient (Wildman–Crippen LogP) is 5.72. The summed E-state index contributed by atoms with van der Waals surface area (Å²) in [6.07, 6.45) is 20.2. The molecule has 1 N–H and O–H groups in total. The van der Waals surface area contributed by atoms with Gasteiger partial charge in [0.05, 0.1) is 12.2 Å². The van der Waals surface area contributed by atoms with Gasteiger partial charge in [0.1, 0.15) is 6.61 Å². The molecule has 0 spiro atoms. The van der Waals surface area contributed by atoms with Gasteiger partial charge in [0.2, 0.25) is 0 Å². The highest BCUT2D eigenvalue weighted by Gasteiger charge is 2.17. The molecule has 0 saturated carbocycles. The summed E-state index contributed by atoms with van der Waals surface area (Å²) < 4.78 is 10.7. The van der Waals surface area contributed by atoms with Gasteiger partial charge in [-0.1, -0.05) is 64.0 Å². The Balaban J connectivity index is 1.81.